The normalized spacial score (nSPS) is 10.7. The summed E-state index contributed by atoms with van der Waals surface area (Å²) < 4.78 is 1.77. The van der Waals surface area contributed by atoms with Crippen molar-refractivity contribution in [3.8, 4) is 0 Å². The molecule has 0 spiro atoms. The molecular weight excluding hydrogens is 200 g/mol. The van der Waals surface area contributed by atoms with Gasteiger partial charge in [-0.1, -0.05) is 11.6 Å². The van der Waals surface area contributed by atoms with Gasteiger partial charge in [-0.3, -0.25) is 4.79 Å². The number of carbonyl (C=O) groups is 1. The van der Waals surface area contributed by atoms with Gasteiger partial charge in [-0.25, -0.2) is 0 Å². The lowest BCUT2D eigenvalue weighted by molar-refractivity contribution is 0.112. The number of fused-ring (bicyclic) bond motifs is 1. The Morgan fingerprint density at radius 3 is 2.86 bits per heavy atom. The van der Waals surface area contributed by atoms with Gasteiger partial charge in [0.1, 0.15) is 5.82 Å². The Balaban J connectivity index is 2.96. The quantitative estimate of drug-likeness (QED) is 0.731. The number of aromatic nitrogens is 1. The number of halogens is 1. The average molecular weight is 209 g/mol. The maximum atomic E-state index is 10.8. The van der Waals surface area contributed by atoms with Crippen LogP contribution in [0, 0.1) is 0 Å². The summed E-state index contributed by atoms with van der Waals surface area (Å²) in [5.41, 5.74) is 7.18. The van der Waals surface area contributed by atoms with Crippen molar-refractivity contribution >= 4 is 34.6 Å². The van der Waals surface area contributed by atoms with Gasteiger partial charge in [-0.05, 0) is 18.2 Å². The number of nitrogens with two attached hydrogens (primary N) is 1. The minimum atomic E-state index is 0.470. The molecule has 0 bridgehead atoms. The molecule has 2 rings (SSSR count). The van der Waals surface area contributed by atoms with Crippen molar-refractivity contribution in [3.05, 3.63) is 28.8 Å². The number of rotatable bonds is 1. The van der Waals surface area contributed by atoms with E-state index in [1.807, 2.05) is 13.1 Å². The Labute approximate surface area is 86.1 Å². The monoisotopic (exact) mass is 208 g/mol. The molecule has 0 radical (unpaired) electrons. The molecule has 1 aromatic heterocycles. The van der Waals surface area contributed by atoms with E-state index in [-0.39, 0.29) is 0 Å². The lowest BCUT2D eigenvalue weighted by Gasteiger charge is -1.97. The highest BCUT2D eigenvalue weighted by atomic mass is 35.5. The molecule has 1 aromatic carbocycles. The Morgan fingerprint density at radius 2 is 2.21 bits per heavy atom. The van der Waals surface area contributed by atoms with Crippen LogP contribution >= 0.6 is 11.6 Å². The number of benzene rings is 1. The van der Waals surface area contributed by atoms with E-state index in [9.17, 15) is 4.79 Å². The highest BCUT2D eigenvalue weighted by molar-refractivity contribution is 6.31. The molecule has 2 N–H and O–H groups in total. The van der Waals surface area contributed by atoms with Crippen LogP contribution in [-0.4, -0.2) is 10.9 Å². The van der Waals surface area contributed by atoms with Crippen molar-refractivity contribution in [2.24, 2.45) is 7.05 Å². The summed E-state index contributed by atoms with van der Waals surface area (Å²) in [7, 11) is 1.82. The van der Waals surface area contributed by atoms with Crippen LogP contribution in [0.5, 0.6) is 0 Å². The molecule has 0 aliphatic heterocycles. The second kappa shape index (κ2) is 3.03. The zero-order valence-corrected chi connectivity index (χ0v) is 8.38. The van der Waals surface area contributed by atoms with E-state index in [2.05, 4.69) is 0 Å². The summed E-state index contributed by atoms with van der Waals surface area (Å²) in [6.45, 7) is 0. The first-order valence-corrected chi connectivity index (χ1v) is 4.51. The van der Waals surface area contributed by atoms with Gasteiger partial charge in [0, 0.05) is 17.5 Å². The van der Waals surface area contributed by atoms with Crippen LogP contribution in [0.3, 0.4) is 0 Å². The minimum absolute atomic E-state index is 0.470. The Kier molecular flexibility index (Phi) is 1.97. The molecule has 0 aliphatic carbocycles. The molecule has 0 aliphatic rings. The Bertz CT molecular complexity index is 516. The number of aryl methyl sites for hydroxylation is 1. The van der Waals surface area contributed by atoms with Gasteiger partial charge in [-0.15, -0.1) is 0 Å². The SMILES string of the molecule is Cn1c(N)c(C=O)c2cc(Cl)ccc21. The van der Waals surface area contributed by atoms with E-state index in [0.29, 0.717) is 16.4 Å². The maximum absolute atomic E-state index is 10.8. The summed E-state index contributed by atoms with van der Waals surface area (Å²) in [5, 5.41) is 1.40. The molecule has 72 valence electrons. The van der Waals surface area contributed by atoms with Gasteiger partial charge in [0.25, 0.3) is 0 Å². The van der Waals surface area contributed by atoms with E-state index in [1.54, 1.807) is 16.7 Å². The van der Waals surface area contributed by atoms with E-state index in [4.69, 9.17) is 17.3 Å². The van der Waals surface area contributed by atoms with Gasteiger partial charge in [0.2, 0.25) is 0 Å². The summed E-state index contributed by atoms with van der Waals surface area (Å²) in [6.07, 6.45) is 0.758. The summed E-state index contributed by atoms with van der Waals surface area (Å²) in [6, 6.07) is 5.37. The predicted octanol–water partition coefficient (Wildman–Crippen LogP) is 2.23. The Morgan fingerprint density at radius 1 is 1.50 bits per heavy atom. The first kappa shape index (κ1) is 9.09. The summed E-state index contributed by atoms with van der Waals surface area (Å²) >= 11 is 5.84. The second-order valence-corrected chi connectivity index (χ2v) is 3.57. The third-order valence-corrected chi connectivity index (χ3v) is 2.60. The number of aldehydes is 1. The van der Waals surface area contributed by atoms with Crippen molar-refractivity contribution in [3.63, 3.8) is 0 Å². The van der Waals surface area contributed by atoms with E-state index in [1.165, 1.54) is 0 Å². The van der Waals surface area contributed by atoms with Gasteiger partial charge in [0.15, 0.2) is 6.29 Å². The van der Waals surface area contributed by atoms with Crippen LogP contribution in [0.25, 0.3) is 10.9 Å². The van der Waals surface area contributed by atoms with Crippen molar-refractivity contribution < 1.29 is 4.79 Å². The molecule has 2 aromatic rings. The van der Waals surface area contributed by atoms with Crippen LogP contribution in [-0.2, 0) is 7.05 Å². The van der Waals surface area contributed by atoms with E-state index < -0.39 is 0 Å². The second-order valence-electron chi connectivity index (χ2n) is 3.14. The number of hydrogen-bond acceptors (Lipinski definition) is 2. The molecule has 3 nitrogen and oxygen atoms in total. The first-order chi connectivity index (χ1) is 6.65. The van der Waals surface area contributed by atoms with Crippen molar-refractivity contribution in [2.45, 2.75) is 0 Å². The van der Waals surface area contributed by atoms with Crippen molar-refractivity contribution in [2.75, 3.05) is 5.73 Å². The fraction of sp³-hybridized carbons (Fsp3) is 0.100. The van der Waals surface area contributed by atoms with Crippen LogP contribution in [0.4, 0.5) is 5.82 Å². The number of hydrogen-bond donors (Lipinski definition) is 1. The zero-order chi connectivity index (χ0) is 10.3. The molecule has 4 heteroatoms. The molecular formula is C10H9ClN2O. The van der Waals surface area contributed by atoms with Gasteiger partial charge >= 0.3 is 0 Å². The number of carbonyl (C=O) groups excluding carboxylic acids is 1. The molecule has 1 heterocycles. The van der Waals surface area contributed by atoms with E-state index in [0.717, 1.165) is 17.2 Å². The molecule has 0 atom stereocenters. The van der Waals surface area contributed by atoms with Crippen molar-refractivity contribution in [1.82, 2.24) is 4.57 Å². The summed E-state index contributed by atoms with van der Waals surface area (Å²) in [5.74, 6) is 0.470. The third kappa shape index (κ3) is 1.09. The maximum Gasteiger partial charge on any atom is 0.154 e. The minimum Gasteiger partial charge on any atom is -0.384 e. The molecule has 0 unspecified atom stereocenters. The molecule has 0 fully saturated rings. The fourth-order valence-corrected chi connectivity index (χ4v) is 1.76. The zero-order valence-electron chi connectivity index (χ0n) is 7.62. The van der Waals surface area contributed by atoms with Crippen LogP contribution in [0.1, 0.15) is 10.4 Å². The largest absolute Gasteiger partial charge is 0.384 e. The number of nitrogens with zero attached hydrogens (tertiary/aromatic N) is 1. The van der Waals surface area contributed by atoms with Crippen molar-refractivity contribution in [1.29, 1.82) is 0 Å². The standard InChI is InChI=1S/C10H9ClN2O/c1-13-9-3-2-6(11)4-7(9)8(5-14)10(13)12/h2-5H,12H2,1H3. The summed E-state index contributed by atoms with van der Waals surface area (Å²) in [4.78, 5) is 10.8. The fourth-order valence-electron chi connectivity index (χ4n) is 1.59. The first-order valence-electron chi connectivity index (χ1n) is 4.13. The molecule has 0 saturated carbocycles. The smallest absolute Gasteiger partial charge is 0.154 e. The average Bonchev–Trinajstić information content (AvgIpc) is 2.39. The Hall–Kier alpha value is -1.48. The third-order valence-electron chi connectivity index (χ3n) is 2.37. The molecule has 14 heavy (non-hydrogen) atoms. The highest BCUT2D eigenvalue weighted by Gasteiger charge is 2.11. The predicted molar refractivity (Wildman–Crippen MR) is 57.7 cm³/mol. The van der Waals surface area contributed by atoms with Crippen LogP contribution in [0.2, 0.25) is 5.02 Å². The topological polar surface area (TPSA) is 48.0 Å². The molecule has 0 saturated heterocycles. The van der Waals surface area contributed by atoms with Crippen LogP contribution in [0.15, 0.2) is 18.2 Å². The number of nitrogen functional groups attached to an aromatic ring is 1. The number of anilines is 1. The lowest BCUT2D eigenvalue weighted by Crippen LogP contribution is -1.97. The lowest BCUT2D eigenvalue weighted by atomic mass is 10.2. The van der Waals surface area contributed by atoms with Crippen LogP contribution < -0.4 is 5.73 Å². The van der Waals surface area contributed by atoms with Gasteiger partial charge in [0.05, 0.1) is 11.1 Å². The molecule has 0 amide bonds. The van der Waals surface area contributed by atoms with Gasteiger partial charge in [-0.2, -0.15) is 0 Å². The van der Waals surface area contributed by atoms with Gasteiger partial charge < -0.3 is 10.3 Å². The highest BCUT2D eigenvalue weighted by Crippen LogP contribution is 2.27. The van der Waals surface area contributed by atoms with E-state index >= 15 is 0 Å².